The van der Waals surface area contributed by atoms with E-state index in [0.29, 0.717) is 5.56 Å². The lowest BCUT2D eigenvalue weighted by Gasteiger charge is -2.17. The van der Waals surface area contributed by atoms with Crippen LogP contribution in [0.15, 0.2) is 24.3 Å². The summed E-state index contributed by atoms with van der Waals surface area (Å²) in [5.74, 6) is -1.90. The van der Waals surface area contributed by atoms with Crippen molar-refractivity contribution in [3.05, 3.63) is 39.9 Å². The zero-order chi connectivity index (χ0) is 16.9. The minimum Gasteiger partial charge on any atom is -0.480 e. The van der Waals surface area contributed by atoms with Gasteiger partial charge >= 0.3 is 5.97 Å². The highest BCUT2D eigenvalue weighted by Gasteiger charge is 2.26. The first-order chi connectivity index (χ1) is 10.1. The van der Waals surface area contributed by atoms with Gasteiger partial charge in [0.05, 0.1) is 10.7 Å². The molecule has 0 radical (unpaired) electrons. The molecule has 0 amide bonds. The Labute approximate surface area is 128 Å². The molecule has 122 valence electrons. The second-order valence-electron chi connectivity index (χ2n) is 5.17. The average Bonchev–Trinajstić information content (AvgIpc) is 2.42. The number of nitrogens with zero attached hydrogens (tertiary/aromatic N) is 1. The summed E-state index contributed by atoms with van der Waals surface area (Å²) in [6, 6.07) is 4.37. The molecule has 0 saturated carbocycles. The molecule has 1 rings (SSSR count). The van der Waals surface area contributed by atoms with E-state index in [1.807, 2.05) is 0 Å². The molecule has 0 aromatic heterocycles. The van der Waals surface area contributed by atoms with Gasteiger partial charge in [-0.25, -0.2) is 13.1 Å². The van der Waals surface area contributed by atoms with E-state index in [1.54, 1.807) is 13.8 Å². The molecule has 0 aliphatic carbocycles. The number of nitro groups is 1. The van der Waals surface area contributed by atoms with Crippen LogP contribution in [0.3, 0.4) is 0 Å². The number of aryl methyl sites for hydroxylation is 1. The lowest BCUT2D eigenvalue weighted by atomic mass is 10.1. The van der Waals surface area contributed by atoms with E-state index < -0.39 is 27.0 Å². The van der Waals surface area contributed by atoms with Crippen molar-refractivity contribution < 1.29 is 23.2 Å². The zero-order valence-electron chi connectivity index (χ0n) is 12.2. The first kappa shape index (κ1) is 18.1. The van der Waals surface area contributed by atoms with Crippen LogP contribution in [0.1, 0.15) is 19.4 Å². The van der Waals surface area contributed by atoms with Gasteiger partial charge in [0.15, 0.2) is 0 Å². The smallest absolute Gasteiger partial charge is 0.321 e. The maximum Gasteiger partial charge on any atom is 0.321 e. The van der Waals surface area contributed by atoms with Crippen LogP contribution in [0.4, 0.5) is 5.69 Å². The normalized spacial score (nSPS) is 13.0. The molecule has 0 bridgehead atoms. The number of sulfonamides is 1. The summed E-state index contributed by atoms with van der Waals surface area (Å²) < 4.78 is 26.0. The van der Waals surface area contributed by atoms with E-state index >= 15 is 0 Å². The van der Waals surface area contributed by atoms with Crippen LogP contribution in [-0.2, 0) is 21.2 Å². The van der Waals surface area contributed by atoms with Crippen LogP contribution in [-0.4, -0.2) is 36.2 Å². The monoisotopic (exact) mass is 330 g/mol. The number of nitro benzene ring substituents is 1. The Bertz CT molecular complexity index is 639. The van der Waals surface area contributed by atoms with Gasteiger partial charge in [-0.2, -0.15) is 0 Å². The molecule has 0 aliphatic rings. The molecular formula is C13H18N2O6S. The second-order valence-corrected chi connectivity index (χ2v) is 7.04. The number of non-ortho nitro benzene ring substituents is 1. The Kier molecular flexibility index (Phi) is 6.01. The minimum atomic E-state index is -3.76. The lowest BCUT2D eigenvalue weighted by molar-refractivity contribution is -0.384. The maximum absolute atomic E-state index is 11.9. The highest BCUT2D eigenvalue weighted by Crippen LogP contribution is 2.13. The van der Waals surface area contributed by atoms with Crippen molar-refractivity contribution >= 4 is 21.7 Å². The number of hydrogen-bond acceptors (Lipinski definition) is 5. The fraction of sp³-hybridized carbons (Fsp3) is 0.462. The van der Waals surface area contributed by atoms with Crippen LogP contribution in [0.2, 0.25) is 0 Å². The van der Waals surface area contributed by atoms with E-state index in [4.69, 9.17) is 5.11 Å². The molecule has 1 aromatic carbocycles. The summed E-state index contributed by atoms with van der Waals surface area (Å²) in [4.78, 5) is 21.0. The fourth-order valence-electron chi connectivity index (χ4n) is 1.76. The molecule has 8 nitrogen and oxygen atoms in total. The molecule has 0 saturated heterocycles. The Balaban J connectivity index is 2.69. The highest BCUT2D eigenvalue weighted by atomic mass is 32.2. The van der Waals surface area contributed by atoms with Crippen molar-refractivity contribution in [1.82, 2.24) is 4.72 Å². The van der Waals surface area contributed by atoms with Crippen LogP contribution in [0.25, 0.3) is 0 Å². The number of nitrogens with one attached hydrogen (secondary N) is 1. The number of rotatable bonds is 8. The molecule has 0 aliphatic heterocycles. The van der Waals surface area contributed by atoms with Crippen molar-refractivity contribution in [2.75, 3.05) is 5.75 Å². The maximum atomic E-state index is 11.9. The highest BCUT2D eigenvalue weighted by molar-refractivity contribution is 7.89. The van der Waals surface area contributed by atoms with Gasteiger partial charge in [0.1, 0.15) is 6.04 Å². The van der Waals surface area contributed by atoms with Crippen molar-refractivity contribution in [2.45, 2.75) is 26.3 Å². The number of hydrogen-bond donors (Lipinski definition) is 2. The van der Waals surface area contributed by atoms with Gasteiger partial charge < -0.3 is 5.11 Å². The molecule has 0 spiro atoms. The standard InChI is InChI=1S/C13H18N2O6S/c1-9(2)12(13(16)17)14-22(20,21)8-7-10-3-5-11(6-4-10)15(18)19/h3-6,9,12,14H,7-8H2,1-2H3,(H,16,17)/t12-/m0/s1. The van der Waals surface area contributed by atoms with Crippen molar-refractivity contribution in [3.63, 3.8) is 0 Å². The Morgan fingerprint density at radius 2 is 1.86 bits per heavy atom. The number of aliphatic carboxylic acids is 1. The van der Waals surface area contributed by atoms with Gasteiger partial charge in [-0.15, -0.1) is 0 Å². The van der Waals surface area contributed by atoms with Gasteiger partial charge in [0.2, 0.25) is 10.0 Å². The fourth-order valence-corrected chi connectivity index (χ4v) is 3.14. The second kappa shape index (κ2) is 7.32. The molecule has 0 unspecified atom stereocenters. The quantitative estimate of drug-likeness (QED) is 0.544. The summed E-state index contributed by atoms with van der Waals surface area (Å²) in [6.45, 7) is 3.22. The predicted molar refractivity (Wildman–Crippen MR) is 80.0 cm³/mol. The molecule has 22 heavy (non-hydrogen) atoms. The van der Waals surface area contributed by atoms with Gasteiger partial charge in [0, 0.05) is 12.1 Å². The number of benzene rings is 1. The Hall–Kier alpha value is -2.00. The summed E-state index contributed by atoms with van der Waals surface area (Å²) in [6.07, 6.45) is 0.137. The van der Waals surface area contributed by atoms with Crippen LogP contribution >= 0.6 is 0 Å². The van der Waals surface area contributed by atoms with E-state index in [9.17, 15) is 23.3 Å². The summed E-state index contributed by atoms with van der Waals surface area (Å²) in [5, 5.41) is 19.5. The van der Waals surface area contributed by atoms with Crippen LogP contribution in [0.5, 0.6) is 0 Å². The molecule has 0 heterocycles. The van der Waals surface area contributed by atoms with Gasteiger partial charge in [-0.05, 0) is 17.9 Å². The SMILES string of the molecule is CC(C)[C@H](NS(=O)(=O)CCc1ccc([N+](=O)[O-])cc1)C(=O)O. The largest absolute Gasteiger partial charge is 0.480 e. The first-order valence-corrected chi connectivity index (χ1v) is 8.24. The number of carboxylic acids is 1. The zero-order valence-corrected chi connectivity index (χ0v) is 13.0. The van der Waals surface area contributed by atoms with Crippen molar-refractivity contribution in [1.29, 1.82) is 0 Å². The predicted octanol–water partition coefficient (Wildman–Crippen LogP) is 1.17. The first-order valence-electron chi connectivity index (χ1n) is 6.58. The summed E-state index contributed by atoms with van der Waals surface area (Å²) in [7, 11) is -3.76. The van der Waals surface area contributed by atoms with E-state index in [2.05, 4.69) is 4.72 Å². The summed E-state index contributed by atoms with van der Waals surface area (Å²) >= 11 is 0. The molecule has 9 heteroatoms. The molecule has 1 aromatic rings. The number of carbonyl (C=O) groups is 1. The summed E-state index contributed by atoms with van der Waals surface area (Å²) in [5.41, 5.74) is 0.544. The minimum absolute atomic E-state index is 0.0736. The van der Waals surface area contributed by atoms with Crippen LogP contribution < -0.4 is 4.72 Å². The van der Waals surface area contributed by atoms with E-state index in [0.717, 1.165) is 0 Å². The lowest BCUT2D eigenvalue weighted by Crippen LogP contribution is -2.45. The topological polar surface area (TPSA) is 127 Å². The van der Waals surface area contributed by atoms with E-state index in [1.165, 1.54) is 24.3 Å². The van der Waals surface area contributed by atoms with E-state index in [-0.39, 0.29) is 23.8 Å². The van der Waals surface area contributed by atoms with Gasteiger partial charge in [-0.1, -0.05) is 26.0 Å². The van der Waals surface area contributed by atoms with Crippen molar-refractivity contribution in [2.24, 2.45) is 5.92 Å². The number of carboxylic acid groups (broad SMARTS) is 1. The van der Waals surface area contributed by atoms with Crippen molar-refractivity contribution in [3.8, 4) is 0 Å². The average molecular weight is 330 g/mol. The molecular weight excluding hydrogens is 312 g/mol. The molecule has 0 fully saturated rings. The molecule has 1 atom stereocenters. The third kappa shape index (κ3) is 5.41. The third-order valence-electron chi connectivity index (χ3n) is 3.05. The Morgan fingerprint density at radius 1 is 1.32 bits per heavy atom. The molecule has 2 N–H and O–H groups in total. The van der Waals surface area contributed by atoms with Gasteiger partial charge in [-0.3, -0.25) is 14.9 Å². The Morgan fingerprint density at radius 3 is 2.27 bits per heavy atom. The third-order valence-corrected chi connectivity index (χ3v) is 4.40. The van der Waals surface area contributed by atoms with Crippen LogP contribution in [0, 0.1) is 16.0 Å². The van der Waals surface area contributed by atoms with Gasteiger partial charge in [0.25, 0.3) is 5.69 Å².